The van der Waals surface area contributed by atoms with Gasteiger partial charge in [-0.15, -0.1) is 0 Å². The molecule has 6 rings (SSSR count). The Hall–Kier alpha value is -4.00. The van der Waals surface area contributed by atoms with Gasteiger partial charge in [-0.1, -0.05) is 58.4 Å². The zero-order chi connectivity index (χ0) is 35.7. The number of halogens is 1. The van der Waals surface area contributed by atoms with Gasteiger partial charge in [-0.3, -0.25) is 19.2 Å². The van der Waals surface area contributed by atoms with Gasteiger partial charge in [0.15, 0.2) is 0 Å². The van der Waals surface area contributed by atoms with Crippen LogP contribution in [0, 0.1) is 11.8 Å². The molecule has 50 heavy (non-hydrogen) atoms. The minimum absolute atomic E-state index is 0.157. The number of amides is 3. The lowest BCUT2D eigenvalue weighted by atomic mass is 9.74. The van der Waals surface area contributed by atoms with E-state index in [-0.39, 0.29) is 18.9 Å². The van der Waals surface area contributed by atoms with Crippen molar-refractivity contribution >= 4 is 51.0 Å². The summed E-state index contributed by atoms with van der Waals surface area (Å²) in [6.45, 7) is 9.03. The average Bonchev–Trinajstić information content (AvgIpc) is 3.72. The Balaban J connectivity index is 1.46. The number of hydrogen-bond acceptors (Lipinski definition) is 8. The first kappa shape index (κ1) is 35.8. The van der Waals surface area contributed by atoms with Crippen molar-refractivity contribution in [1.29, 1.82) is 0 Å². The van der Waals surface area contributed by atoms with Gasteiger partial charge in [0.2, 0.25) is 11.8 Å². The highest BCUT2D eigenvalue weighted by Gasteiger charge is 2.75. The van der Waals surface area contributed by atoms with Gasteiger partial charge in [0.05, 0.1) is 24.6 Å². The monoisotopic (exact) mass is 748 g/mol. The molecule has 2 aromatic carbocycles. The Morgan fingerprint density at radius 2 is 1.70 bits per heavy atom. The minimum Gasteiger partial charge on any atom is -0.455 e. The molecule has 5 bridgehead atoms. The lowest BCUT2D eigenvalue weighted by Crippen LogP contribution is -2.58. The maximum atomic E-state index is 15.1. The third-order valence-electron chi connectivity index (χ3n) is 10.4. The van der Waals surface area contributed by atoms with Gasteiger partial charge in [0, 0.05) is 41.9 Å². The minimum atomic E-state index is -1.50. The zero-order valence-electron chi connectivity index (χ0n) is 28.8. The van der Waals surface area contributed by atoms with Gasteiger partial charge in [0.25, 0.3) is 5.91 Å². The first-order valence-electron chi connectivity index (χ1n) is 17.4. The van der Waals surface area contributed by atoms with Crippen molar-refractivity contribution in [2.45, 2.75) is 76.5 Å². The van der Waals surface area contributed by atoms with Gasteiger partial charge in [-0.05, 0) is 70.0 Å². The maximum absolute atomic E-state index is 15.1. The molecule has 2 aromatic rings. The fourth-order valence-electron chi connectivity index (χ4n) is 7.89. The molecule has 3 amide bonds. The van der Waals surface area contributed by atoms with Crippen molar-refractivity contribution in [3.63, 3.8) is 0 Å². The van der Waals surface area contributed by atoms with Gasteiger partial charge in [-0.25, -0.2) is 0 Å². The number of anilines is 2. The largest absolute Gasteiger partial charge is 0.455 e. The SMILES string of the molecule is CCN(CC)c1ccc(N2C/C=C\CCC(=O)N[C@@H](C)[C@H](c3ccccc3)OC(=O)[C@H]3[C@@H]4O[C@@]5(C=C4Br)[C@@H]3C(=O)N([C@H](C)CO)[C@@H]5C2=O)cc1. The molecule has 1 spiro atoms. The molecule has 4 heterocycles. The second-order valence-electron chi connectivity index (χ2n) is 13.4. The molecule has 0 aromatic heterocycles. The number of nitrogens with zero attached hydrogens (tertiary/aromatic N) is 3. The number of ether oxygens (including phenoxy) is 2. The van der Waals surface area contributed by atoms with Crippen LogP contribution in [0.1, 0.15) is 52.2 Å². The molecule has 0 aliphatic carbocycles. The highest BCUT2D eigenvalue weighted by Crippen LogP contribution is 2.59. The molecule has 4 aliphatic heterocycles. The Morgan fingerprint density at radius 3 is 2.36 bits per heavy atom. The van der Waals surface area contributed by atoms with E-state index in [1.54, 1.807) is 24.8 Å². The predicted octanol–water partition coefficient (Wildman–Crippen LogP) is 4.26. The summed E-state index contributed by atoms with van der Waals surface area (Å²) in [6, 6.07) is 14.3. The third-order valence-corrected chi connectivity index (χ3v) is 11.1. The lowest BCUT2D eigenvalue weighted by Gasteiger charge is -2.37. The van der Waals surface area contributed by atoms with E-state index >= 15 is 4.79 Å². The zero-order valence-corrected chi connectivity index (χ0v) is 30.4. The van der Waals surface area contributed by atoms with Crippen molar-refractivity contribution < 1.29 is 33.8 Å². The smallest absolute Gasteiger partial charge is 0.313 e. The van der Waals surface area contributed by atoms with Gasteiger partial charge in [0.1, 0.15) is 29.8 Å². The number of carbonyl (C=O) groups excluding carboxylic acids is 4. The molecule has 0 radical (unpaired) electrons. The van der Waals surface area contributed by atoms with Crippen molar-refractivity contribution in [3.8, 4) is 0 Å². The normalized spacial score (nSPS) is 31.2. The Kier molecular flexibility index (Phi) is 10.5. The van der Waals surface area contributed by atoms with Gasteiger partial charge >= 0.3 is 5.97 Å². The van der Waals surface area contributed by atoms with Crippen LogP contribution in [-0.2, 0) is 28.7 Å². The van der Waals surface area contributed by atoms with Crippen LogP contribution in [-0.4, -0.2) is 89.8 Å². The summed E-state index contributed by atoms with van der Waals surface area (Å²) in [6.07, 6.45) is 4.36. The Bertz CT molecular complexity index is 1660. The number of aliphatic hydroxyl groups excluding tert-OH is 1. The van der Waals surface area contributed by atoms with E-state index in [0.29, 0.717) is 22.2 Å². The summed E-state index contributed by atoms with van der Waals surface area (Å²) in [5.41, 5.74) is 0.812. The molecule has 0 unspecified atom stereocenters. The van der Waals surface area contributed by atoms with E-state index in [0.717, 1.165) is 18.8 Å². The third kappa shape index (κ3) is 6.26. The molecular formula is C38H45BrN4O7. The van der Waals surface area contributed by atoms with Crippen molar-refractivity contribution in [2.24, 2.45) is 11.8 Å². The summed E-state index contributed by atoms with van der Waals surface area (Å²) in [5, 5.41) is 13.4. The van der Waals surface area contributed by atoms with Crippen LogP contribution < -0.4 is 15.1 Å². The molecule has 4 aliphatic rings. The maximum Gasteiger partial charge on any atom is 0.313 e. The van der Waals surface area contributed by atoms with E-state index < -0.39 is 72.2 Å². The van der Waals surface area contributed by atoms with Crippen molar-refractivity contribution in [3.05, 3.63) is 82.9 Å². The number of cyclic esters (lactones) is 1. The van der Waals surface area contributed by atoms with Crippen LogP contribution in [0.15, 0.2) is 77.3 Å². The number of aliphatic hydroxyl groups is 1. The lowest BCUT2D eigenvalue weighted by molar-refractivity contribution is -0.161. The van der Waals surface area contributed by atoms with Crippen molar-refractivity contribution in [2.75, 3.05) is 36.0 Å². The van der Waals surface area contributed by atoms with E-state index in [1.165, 1.54) is 4.90 Å². The molecule has 2 saturated heterocycles. The number of likely N-dealkylation sites (tertiary alicyclic amines) is 1. The molecule has 11 nitrogen and oxygen atoms in total. The molecule has 8 atom stereocenters. The van der Waals surface area contributed by atoms with Crippen LogP contribution in [0.2, 0.25) is 0 Å². The number of hydrogen-bond donors (Lipinski definition) is 2. The second kappa shape index (κ2) is 14.7. The van der Waals surface area contributed by atoms with E-state index in [4.69, 9.17) is 9.47 Å². The molecular weight excluding hydrogens is 704 g/mol. The van der Waals surface area contributed by atoms with E-state index in [1.807, 2.05) is 66.7 Å². The van der Waals surface area contributed by atoms with Crippen LogP contribution in [0.25, 0.3) is 0 Å². The van der Waals surface area contributed by atoms with Crippen molar-refractivity contribution in [1.82, 2.24) is 10.2 Å². The summed E-state index contributed by atoms with van der Waals surface area (Å²) in [7, 11) is 0. The van der Waals surface area contributed by atoms with Crippen LogP contribution in [0.5, 0.6) is 0 Å². The number of allylic oxidation sites excluding steroid dienone is 1. The number of esters is 1. The second-order valence-corrected chi connectivity index (χ2v) is 14.3. The molecule has 2 N–H and O–H groups in total. The highest BCUT2D eigenvalue weighted by atomic mass is 79.9. The van der Waals surface area contributed by atoms with E-state index in [2.05, 4.69) is 40.0 Å². The summed E-state index contributed by atoms with van der Waals surface area (Å²) in [4.78, 5) is 62.2. The van der Waals surface area contributed by atoms with Gasteiger partial charge < -0.3 is 34.6 Å². The summed E-state index contributed by atoms with van der Waals surface area (Å²) in [5.74, 6) is -3.92. The number of nitrogens with one attached hydrogen (secondary N) is 1. The Morgan fingerprint density at radius 1 is 1.00 bits per heavy atom. The Labute approximate surface area is 301 Å². The van der Waals surface area contributed by atoms with E-state index in [9.17, 15) is 19.5 Å². The summed E-state index contributed by atoms with van der Waals surface area (Å²) < 4.78 is 13.4. The standard InChI is InChI=1S/C38H45BrN4O7/c1-5-41(6-2)26-16-18-27(19-17-26)42-20-12-8-11-15-29(45)40-24(4)32(25-13-9-7-10-14-25)49-37(48)30-31-35(46)43(23(3)22-44)34(36(42)47)38(31)21-28(39)33(30)50-38/h7-10,12-14,16-19,21,23-24,30-34,44H,5-6,11,15,20,22H2,1-4H3,(H,40,45)/b12-8-/t23-,24+,30-,31+,32-,33-,34-,38+/m1/s1. The number of rotatable bonds is 7. The predicted molar refractivity (Wildman–Crippen MR) is 192 cm³/mol. The fourth-order valence-corrected chi connectivity index (χ4v) is 8.63. The molecule has 0 saturated carbocycles. The number of fused-ring (bicyclic) bond motifs is 2. The fraction of sp³-hybridized carbons (Fsp3) is 0.474. The van der Waals surface area contributed by atoms with Crippen LogP contribution >= 0.6 is 15.9 Å². The first-order valence-corrected chi connectivity index (χ1v) is 18.2. The first-order chi connectivity index (χ1) is 24.1. The summed E-state index contributed by atoms with van der Waals surface area (Å²) >= 11 is 3.60. The average molecular weight is 750 g/mol. The molecule has 12 heteroatoms. The number of benzene rings is 2. The van der Waals surface area contributed by atoms with Crippen LogP contribution in [0.4, 0.5) is 11.4 Å². The van der Waals surface area contributed by atoms with Gasteiger partial charge in [-0.2, -0.15) is 0 Å². The van der Waals surface area contributed by atoms with Crippen LogP contribution in [0.3, 0.4) is 0 Å². The molecule has 2 fully saturated rings. The molecule has 266 valence electrons. The highest BCUT2D eigenvalue weighted by molar-refractivity contribution is 9.11. The quantitative estimate of drug-likeness (QED) is 0.318. The number of carbonyl (C=O) groups is 4. The topological polar surface area (TPSA) is 129 Å².